The van der Waals surface area contributed by atoms with Crippen LogP contribution in [0.25, 0.3) is 10.4 Å². The molecule has 3 rings (SSSR count). The Morgan fingerprint density at radius 1 is 1.06 bits per heavy atom. The van der Waals surface area contributed by atoms with Gasteiger partial charge in [-0.15, -0.1) is 11.3 Å². The van der Waals surface area contributed by atoms with E-state index in [0.29, 0.717) is 19.8 Å². The first kappa shape index (κ1) is 11.6. The van der Waals surface area contributed by atoms with Gasteiger partial charge in [0.1, 0.15) is 13.2 Å². The van der Waals surface area contributed by atoms with Crippen LogP contribution in [0.4, 0.5) is 0 Å². The molecule has 0 bridgehead atoms. The average molecular weight is 261 g/mol. The number of nitrogens with two attached hydrogens (primary N) is 1. The van der Waals surface area contributed by atoms with Crippen LogP contribution in [0.5, 0.6) is 11.5 Å². The topological polar surface area (TPSA) is 44.5 Å². The van der Waals surface area contributed by atoms with Gasteiger partial charge in [-0.1, -0.05) is 0 Å². The largest absolute Gasteiger partial charge is 0.486 e. The fourth-order valence-electron chi connectivity index (χ4n) is 2.01. The van der Waals surface area contributed by atoms with E-state index in [1.54, 1.807) is 11.3 Å². The van der Waals surface area contributed by atoms with Crippen LogP contribution in [-0.2, 0) is 6.42 Å². The lowest BCUT2D eigenvalue weighted by Crippen LogP contribution is -2.15. The Bertz CT molecular complexity index is 550. The number of fused-ring (bicyclic) bond motifs is 1. The van der Waals surface area contributed by atoms with E-state index in [4.69, 9.17) is 15.2 Å². The summed E-state index contributed by atoms with van der Waals surface area (Å²) in [4.78, 5) is 2.57. The Balaban J connectivity index is 1.91. The first-order valence-electron chi connectivity index (χ1n) is 6.05. The molecule has 0 unspecified atom stereocenters. The van der Waals surface area contributed by atoms with Gasteiger partial charge in [0.15, 0.2) is 11.5 Å². The van der Waals surface area contributed by atoms with Crippen molar-refractivity contribution >= 4 is 11.3 Å². The number of ether oxygens (including phenoxy) is 2. The molecule has 4 heteroatoms. The van der Waals surface area contributed by atoms with Crippen LogP contribution in [-0.4, -0.2) is 19.8 Å². The van der Waals surface area contributed by atoms with Crippen molar-refractivity contribution in [3.05, 3.63) is 35.2 Å². The van der Waals surface area contributed by atoms with E-state index in [0.717, 1.165) is 17.9 Å². The van der Waals surface area contributed by atoms with Crippen LogP contribution in [0, 0.1) is 0 Å². The molecular weight excluding hydrogens is 246 g/mol. The maximum atomic E-state index is 5.60. The lowest BCUT2D eigenvalue weighted by molar-refractivity contribution is 0.171. The third-order valence-electron chi connectivity index (χ3n) is 2.88. The molecule has 1 aromatic carbocycles. The smallest absolute Gasteiger partial charge is 0.162 e. The number of benzene rings is 1. The maximum absolute atomic E-state index is 5.60. The molecule has 94 valence electrons. The molecular formula is C14H15NO2S. The Morgan fingerprint density at radius 3 is 2.72 bits per heavy atom. The van der Waals surface area contributed by atoms with Gasteiger partial charge in [0.05, 0.1) is 0 Å². The second kappa shape index (κ2) is 5.00. The highest BCUT2D eigenvalue weighted by Gasteiger charge is 2.13. The van der Waals surface area contributed by atoms with E-state index >= 15 is 0 Å². The molecule has 2 N–H and O–H groups in total. The van der Waals surface area contributed by atoms with Gasteiger partial charge in [-0.25, -0.2) is 0 Å². The molecule has 18 heavy (non-hydrogen) atoms. The maximum Gasteiger partial charge on any atom is 0.162 e. The van der Waals surface area contributed by atoms with Crippen LogP contribution >= 0.6 is 11.3 Å². The first-order valence-corrected chi connectivity index (χ1v) is 6.87. The molecule has 1 aliphatic rings. The summed E-state index contributed by atoms with van der Waals surface area (Å²) in [6, 6.07) is 10.4. The molecule has 0 spiro atoms. The zero-order valence-corrected chi connectivity index (χ0v) is 10.8. The minimum atomic E-state index is 0.624. The molecule has 0 amide bonds. The van der Waals surface area contributed by atoms with E-state index < -0.39 is 0 Å². The SMILES string of the molecule is NCCc1ccc(-c2ccc3c(c2)OCCO3)s1. The molecule has 0 saturated heterocycles. The lowest BCUT2D eigenvalue weighted by atomic mass is 10.1. The van der Waals surface area contributed by atoms with Crippen molar-refractivity contribution in [1.29, 1.82) is 0 Å². The van der Waals surface area contributed by atoms with E-state index in [-0.39, 0.29) is 0 Å². The van der Waals surface area contributed by atoms with Crippen molar-refractivity contribution < 1.29 is 9.47 Å². The molecule has 1 aromatic heterocycles. The summed E-state index contributed by atoms with van der Waals surface area (Å²) in [5.74, 6) is 1.68. The standard InChI is InChI=1S/C14H15NO2S/c15-6-5-11-2-4-14(18-11)10-1-3-12-13(9-10)17-8-7-16-12/h1-4,9H,5-8,15H2. The summed E-state index contributed by atoms with van der Waals surface area (Å²) in [5.41, 5.74) is 6.74. The number of thiophene rings is 1. The molecule has 2 aromatic rings. The van der Waals surface area contributed by atoms with Gasteiger partial charge in [-0.2, -0.15) is 0 Å². The number of hydrogen-bond acceptors (Lipinski definition) is 4. The van der Waals surface area contributed by atoms with Crippen molar-refractivity contribution in [3.8, 4) is 21.9 Å². The summed E-state index contributed by atoms with van der Waals surface area (Å²) < 4.78 is 11.1. The normalized spacial score (nSPS) is 13.6. The fraction of sp³-hybridized carbons (Fsp3) is 0.286. The zero-order chi connectivity index (χ0) is 12.4. The minimum absolute atomic E-state index is 0.624. The highest BCUT2D eigenvalue weighted by atomic mass is 32.1. The summed E-state index contributed by atoms with van der Waals surface area (Å²) in [5, 5.41) is 0. The first-order chi connectivity index (χ1) is 8.86. The molecule has 3 nitrogen and oxygen atoms in total. The highest BCUT2D eigenvalue weighted by Crippen LogP contribution is 2.36. The molecule has 2 heterocycles. The van der Waals surface area contributed by atoms with Gasteiger partial charge >= 0.3 is 0 Å². The van der Waals surface area contributed by atoms with Gasteiger partial charge in [0.25, 0.3) is 0 Å². The number of rotatable bonds is 3. The van der Waals surface area contributed by atoms with Crippen LogP contribution in [0.3, 0.4) is 0 Å². The summed E-state index contributed by atoms with van der Waals surface area (Å²) in [7, 11) is 0. The zero-order valence-electron chi connectivity index (χ0n) is 10.0. The van der Waals surface area contributed by atoms with E-state index in [9.17, 15) is 0 Å². The molecule has 0 fully saturated rings. The van der Waals surface area contributed by atoms with Crippen LogP contribution < -0.4 is 15.2 Å². The second-order valence-corrected chi connectivity index (χ2v) is 5.33. The third-order valence-corrected chi connectivity index (χ3v) is 4.07. The predicted octanol–water partition coefficient (Wildman–Crippen LogP) is 2.69. The highest BCUT2D eigenvalue weighted by molar-refractivity contribution is 7.15. The number of hydrogen-bond donors (Lipinski definition) is 1. The quantitative estimate of drug-likeness (QED) is 0.924. The molecule has 0 radical (unpaired) electrons. The van der Waals surface area contributed by atoms with Gasteiger partial charge < -0.3 is 15.2 Å². The van der Waals surface area contributed by atoms with E-state index in [1.807, 2.05) is 12.1 Å². The molecule has 0 aliphatic carbocycles. The Morgan fingerprint density at radius 2 is 1.89 bits per heavy atom. The third kappa shape index (κ3) is 2.21. The Labute approximate surface area is 110 Å². The summed E-state index contributed by atoms with van der Waals surface area (Å²) >= 11 is 1.78. The fourth-order valence-corrected chi connectivity index (χ4v) is 3.03. The average Bonchev–Trinajstić information content (AvgIpc) is 2.87. The van der Waals surface area contributed by atoms with Crippen molar-refractivity contribution in [2.45, 2.75) is 6.42 Å². The van der Waals surface area contributed by atoms with Crippen molar-refractivity contribution in [2.24, 2.45) is 5.73 Å². The summed E-state index contributed by atoms with van der Waals surface area (Å²) in [6.07, 6.45) is 0.940. The van der Waals surface area contributed by atoms with E-state index in [1.165, 1.54) is 15.3 Å². The molecule has 1 aliphatic heterocycles. The lowest BCUT2D eigenvalue weighted by Gasteiger charge is -2.18. The Hall–Kier alpha value is -1.52. The second-order valence-electron chi connectivity index (χ2n) is 4.16. The predicted molar refractivity (Wildman–Crippen MR) is 73.5 cm³/mol. The van der Waals surface area contributed by atoms with Gasteiger partial charge in [0.2, 0.25) is 0 Å². The minimum Gasteiger partial charge on any atom is -0.486 e. The van der Waals surface area contributed by atoms with Gasteiger partial charge in [-0.3, -0.25) is 0 Å². The monoisotopic (exact) mass is 261 g/mol. The van der Waals surface area contributed by atoms with Crippen molar-refractivity contribution in [1.82, 2.24) is 0 Å². The van der Waals surface area contributed by atoms with Gasteiger partial charge in [0, 0.05) is 9.75 Å². The van der Waals surface area contributed by atoms with Crippen molar-refractivity contribution in [3.63, 3.8) is 0 Å². The van der Waals surface area contributed by atoms with Crippen molar-refractivity contribution in [2.75, 3.05) is 19.8 Å². The van der Waals surface area contributed by atoms with Crippen LogP contribution in [0.15, 0.2) is 30.3 Å². The van der Waals surface area contributed by atoms with Gasteiger partial charge in [-0.05, 0) is 48.9 Å². The van der Waals surface area contributed by atoms with E-state index in [2.05, 4.69) is 18.2 Å². The Kier molecular flexibility index (Phi) is 3.21. The van der Waals surface area contributed by atoms with Crippen LogP contribution in [0.1, 0.15) is 4.88 Å². The summed E-state index contributed by atoms with van der Waals surface area (Å²) in [6.45, 7) is 1.95. The molecule has 0 saturated carbocycles. The van der Waals surface area contributed by atoms with Crippen LogP contribution in [0.2, 0.25) is 0 Å². The molecule has 0 atom stereocenters.